The topological polar surface area (TPSA) is 58.1 Å². The first-order valence-electron chi connectivity index (χ1n) is 9.78. The predicted molar refractivity (Wildman–Crippen MR) is 110 cm³/mol. The van der Waals surface area contributed by atoms with E-state index >= 15 is 0 Å². The van der Waals surface area contributed by atoms with Crippen LogP contribution in [0.2, 0.25) is 0 Å². The van der Waals surface area contributed by atoms with Gasteiger partial charge in [-0.3, -0.25) is 9.78 Å². The number of nitrogens with one attached hydrogen (secondary N) is 1. The maximum absolute atomic E-state index is 11.8. The Morgan fingerprint density at radius 1 is 1.19 bits per heavy atom. The molecular formula is C21H26BrN3O2. The number of aryl methyl sites for hydroxylation is 3. The molecule has 2 aliphatic rings. The van der Waals surface area contributed by atoms with Gasteiger partial charge in [-0.1, -0.05) is 22.0 Å². The first-order valence-corrected chi connectivity index (χ1v) is 10.6. The average molecular weight is 432 g/mol. The van der Waals surface area contributed by atoms with Crippen LogP contribution in [0.4, 0.5) is 0 Å². The molecule has 1 N–H and O–H groups in total. The third-order valence-electron chi connectivity index (χ3n) is 6.26. The Morgan fingerprint density at radius 3 is 2.85 bits per heavy atom. The normalized spacial score (nSPS) is 21.9. The SMILES string of the molecule is Cc1cn(CCCCN2CCC3(CCc4cc(Br)ccc43)C2)c(=O)[nH]c1=O. The van der Waals surface area contributed by atoms with Crippen LogP contribution in [0.1, 0.15) is 42.4 Å². The van der Waals surface area contributed by atoms with Crippen molar-refractivity contribution in [3.8, 4) is 0 Å². The maximum atomic E-state index is 11.8. The van der Waals surface area contributed by atoms with Gasteiger partial charge in [-0.05, 0) is 75.4 Å². The molecule has 1 saturated heterocycles. The van der Waals surface area contributed by atoms with E-state index in [0.717, 1.165) is 32.5 Å². The van der Waals surface area contributed by atoms with E-state index in [9.17, 15) is 9.59 Å². The lowest BCUT2D eigenvalue weighted by atomic mass is 9.81. The van der Waals surface area contributed by atoms with Crippen molar-refractivity contribution in [2.45, 2.75) is 51.0 Å². The molecule has 144 valence electrons. The lowest BCUT2D eigenvalue weighted by Gasteiger charge is -2.25. The Labute approximate surface area is 167 Å². The Hall–Kier alpha value is -1.66. The van der Waals surface area contributed by atoms with Crippen LogP contribution in [0.15, 0.2) is 38.5 Å². The highest BCUT2D eigenvalue weighted by Gasteiger charge is 2.43. The Morgan fingerprint density at radius 2 is 2.00 bits per heavy atom. The molecule has 2 aromatic rings. The second kappa shape index (κ2) is 7.40. The summed E-state index contributed by atoms with van der Waals surface area (Å²) in [5, 5.41) is 0. The molecule has 0 radical (unpaired) electrons. The zero-order valence-corrected chi connectivity index (χ0v) is 17.3. The molecule has 1 aromatic heterocycles. The summed E-state index contributed by atoms with van der Waals surface area (Å²) in [4.78, 5) is 28.2. The molecular weight excluding hydrogens is 406 g/mol. The number of H-pyrrole nitrogens is 1. The van der Waals surface area contributed by atoms with Gasteiger partial charge in [0.05, 0.1) is 0 Å². The third-order valence-corrected chi connectivity index (χ3v) is 6.75. The van der Waals surface area contributed by atoms with Crippen LogP contribution in [0.5, 0.6) is 0 Å². The molecule has 1 unspecified atom stereocenters. The molecule has 1 aliphatic heterocycles. The zero-order valence-electron chi connectivity index (χ0n) is 15.8. The van der Waals surface area contributed by atoms with Gasteiger partial charge in [0.15, 0.2) is 0 Å². The van der Waals surface area contributed by atoms with Crippen LogP contribution in [-0.4, -0.2) is 34.1 Å². The van der Waals surface area contributed by atoms with E-state index in [1.165, 1.54) is 29.3 Å². The highest BCUT2D eigenvalue weighted by molar-refractivity contribution is 9.10. The van der Waals surface area contributed by atoms with E-state index in [2.05, 4.69) is 44.0 Å². The number of aromatic nitrogens is 2. The smallest absolute Gasteiger partial charge is 0.302 e. The molecule has 1 aromatic carbocycles. The van der Waals surface area contributed by atoms with E-state index < -0.39 is 0 Å². The Kier molecular flexibility index (Phi) is 5.12. The third kappa shape index (κ3) is 3.69. The van der Waals surface area contributed by atoms with E-state index in [4.69, 9.17) is 0 Å². The quantitative estimate of drug-likeness (QED) is 0.740. The first kappa shape index (κ1) is 18.7. The number of benzene rings is 1. The van der Waals surface area contributed by atoms with Gasteiger partial charge < -0.3 is 9.47 Å². The number of nitrogens with zero attached hydrogens (tertiary/aromatic N) is 2. The number of unbranched alkanes of at least 4 members (excludes halogenated alkanes) is 1. The van der Waals surface area contributed by atoms with Gasteiger partial charge >= 0.3 is 5.69 Å². The molecule has 1 atom stereocenters. The summed E-state index contributed by atoms with van der Waals surface area (Å²) in [6, 6.07) is 6.79. The van der Waals surface area contributed by atoms with Crippen molar-refractivity contribution in [3.05, 3.63) is 66.4 Å². The van der Waals surface area contributed by atoms with Crippen LogP contribution in [0.3, 0.4) is 0 Å². The summed E-state index contributed by atoms with van der Waals surface area (Å²) in [6.07, 6.45) is 7.38. The molecule has 4 rings (SSSR count). The van der Waals surface area contributed by atoms with Crippen LogP contribution < -0.4 is 11.2 Å². The second-order valence-electron chi connectivity index (χ2n) is 8.08. The monoisotopic (exact) mass is 431 g/mol. The highest BCUT2D eigenvalue weighted by Crippen LogP contribution is 2.46. The van der Waals surface area contributed by atoms with Gasteiger partial charge in [0.2, 0.25) is 0 Å². The van der Waals surface area contributed by atoms with E-state index in [1.807, 2.05) is 0 Å². The van der Waals surface area contributed by atoms with Crippen LogP contribution in [0, 0.1) is 6.92 Å². The van der Waals surface area contributed by atoms with Crippen LogP contribution in [-0.2, 0) is 18.4 Å². The fourth-order valence-electron chi connectivity index (χ4n) is 4.77. The molecule has 6 heteroatoms. The predicted octanol–water partition coefficient (Wildman–Crippen LogP) is 2.98. The summed E-state index contributed by atoms with van der Waals surface area (Å²) < 4.78 is 2.80. The molecule has 0 bridgehead atoms. The fraction of sp³-hybridized carbons (Fsp3) is 0.524. The van der Waals surface area contributed by atoms with Gasteiger partial charge in [-0.25, -0.2) is 4.79 Å². The number of likely N-dealkylation sites (tertiary alicyclic amines) is 1. The molecule has 0 amide bonds. The number of hydrogen-bond donors (Lipinski definition) is 1. The molecule has 1 aliphatic carbocycles. The lowest BCUT2D eigenvalue weighted by molar-refractivity contribution is 0.299. The minimum atomic E-state index is -0.306. The average Bonchev–Trinajstić information content (AvgIpc) is 3.20. The van der Waals surface area contributed by atoms with Crippen molar-refractivity contribution in [2.75, 3.05) is 19.6 Å². The fourth-order valence-corrected chi connectivity index (χ4v) is 5.18. The Balaban J connectivity index is 1.31. The highest BCUT2D eigenvalue weighted by atomic mass is 79.9. The van der Waals surface area contributed by atoms with E-state index in [1.54, 1.807) is 23.3 Å². The number of hydrogen-bond acceptors (Lipinski definition) is 3. The van der Waals surface area contributed by atoms with Crippen LogP contribution in [0.25, 0.3) is 0 Å². The van der Waals surface area contributed by atoms with Gasteiger partial charge in [-0.15, -0.1) is 0 Å². The van der Waals surface area contributed by atoms with E-state index in [0.29, 0.717) is 17.5 Å². The summed E-state index contributed by atoms with van der Waals surface area (Å²) in [5.74, 6) is 0. The number of fused-ring (bicyclic) bond motifs is 2. The standard InChI is InChI=1S/C21H26BrN3O2/c1-15-13-25(20(27)23-19(15)26)10-3-2-9-24-11-8-21(14-24)7-6-16-12-17(22)4-5-18(16)21/h4-5,12-13H,2-3,6-11,14H2,1H3,(H,23,26,27). The summed E-state index contributed by atoms with van der Waals surface area (Å²) >= 11 is 3.59. The van der Waals surface area contributed by atoms with Crippen molar-refractivity contribution < 1.29 is 0 Å². The molecule has 5 nitrogen and oxygen atoms in total. The van der Waals surface area contributed by atoms with Crippen molar-refractivity contribution in [3.63, 3.8) is 0 Å². The number of aromatic amines is 1. The maximum Gasteiger partial charge on any atom is 0.328 e. The second-order valence-corrected chi connectivity index (χ2v) is 9.00. The molecule has 1 spiro atoms. The summed E-state index contributed by atoms with van der Waals surface area (Å²) in [5.41, 5.74) is 3.41. The Bertz CT molecular complexity index is 965. The van der Waals surface area contributed by atoms with Crippen molar-refractivity contribution in [1.29, 1.82) is 0 Å². The minimum absolute atomic E-state index is 0.289. The van der Waals surface area contributed by atoms with Gasteiger partial charge in [0.25, 0.3) is 5.56 Å². The zero-order chi connectivity index (χ0) is 19.0. The van der Waals surface area contributed by atoms with Gasteiger partial charge in [-0.2, -0.15) is 0 Å². The molecule has 1 fully saturated rings. The molecule has 0 saturated carbocycles. The van der Waals surface area contributed by atoms with Crippen molar-refractivity contribution in [1.82, 2.24) is 14.5 Å². The van der Waals surface area contributed by atoms with Crippen molar-refractivity contribution in [2.24, 2.45) is 0 Å². The summed E-state index contributed by atoms with van der Waals surface area (Å²) in [7, 11) is 0. The number of rotatable bonds is 5. The van der Waals surface area contributed by atoms with Crippen LogP contribution >= 0.6 is 15.9 Å². The largest absolute Gasteiger partial charge is 0.328 e. The van der Waals surface area contributed by atoms with Gasteiger partial charge in [0, 0.05) is 34.7 Å². The minimum Gasteiger partial charge on any atom is -0.302 e. The van der Waals surface area contributed by atoms with E-state index in [-0.39, 0.29) is 11.2 Å². The first-order chi connectivity index (χ1) is 13.0. The lowest BCUT2D eigenvalue weighted by Crippen LogP contribution is -2.31. The molecule has 27 heavy (non-hydrogen) atoms. The number of halogens is 1. The summed E-state index contributed by atoms with van der Waals surface area (Å²) in [6.45, 7) is 5.78. The van der Waals surface area contributed by atoms with Gasteiger partial charge in [0.1, 0.15) is 0 Å². The molecule has 2 heterocycles. The van der Waals surface area contributed by atoms with Crippen molar-refractivity contribution >= 4 is 15.9 Å².